The van der Waals surface area contributed by atoms with E-state index in [4.69, 9.17) is 14.6 Å². The van der Waals surface area contributed by atoms with Crippen molar-refractivity contribution in [3.63, 3.8) is 0 Å². The summed E-state index contributed by atoms with van der Waals surface area (Å²) in [5.41, 5.74) is 2.45. The third kappa shape index (κ3) is 4.80. The molecule has 0 saturated carbocycles. The van der Waals surface area contributed by atoms with E-state index in [0.29, 0.717) is 34.0 Å². The summed E-state index contributed by atoms with van der Waals surface area (Å²) in [5.74, 6) is 0.898. The van der Waals surface area contributed by atoms with Crippen molar-refractivity contribution in [3.05, 3.63) is 58.0 Å². The van der Waals surface area contributed by atoms with E-state index in [1.165, 1.54) is 35.4 Å². The minimum atomic E-state index is -0.469. The van der Waals surface area contributed by atoms with Gasteiger partial charge in [-0.25, -0.2) is 9.88 Å². The van der Waals surface area contributed by atoms with Crippen molar-refractivity contribution < 1.29 is 24.2 Å². The van der Waals surface area contributed by atoms with Crippen LogP contribution in [0.15, 0.2) is 41.2 Å². The predicted molar refractivity (Wildman–Crippen MR) is 136 cm³/mol. The number of aromatic nitrogens is 2. The number of fused-ring (bicyclic) bond motifs is 1. The number of hydrogen-bond acceptors (Lipinski definition) is 8. The van der Waals surface area contributed by atoms with Gasteiger partial charge in [0.05, 0.1) is 42.8 Å². The zero-order valence-electron chi connectivity index (χ0n) is 19.6. The van der Waals surface area contributed by atoms with Gasteiger partial charge in [-0.2, -0.15) is 0 Å². The van der Waals surface area contributed by atoms with Crippen LogP contribution >= 0.6 is 11.8 Å². The average Bonchev–Trinajstić information content (AvgIpc) is 3.16. The van der Waals surface area contributed by atoms with E-state index < -0.39 is 5.25 Å². The standard InChI is InChI=1S/C25H25N3O6S/c1-27-19-13-21(34-3)20(33-2)12-18(19)26-17(24(27)31)9-6-15-4-7-16(8-5-15)28-23(30)14-22(25(28)32)35-11-10-29/h4-9,12-13,22,29H,10-11,14H2,1-3H3/b9-6+. The Bertz CT molecular complexity index is 1370. The van der Waals surface area contributed by atoms with Crippen LogP contribution in [-0.4, -0.2) is 58.3 Å². The molecule has 1 saturated heterocycles. The summed E-state index contributed by atoms with van der Waals surface area (Å²) in [7, 11) is 4.73. The summed E-state index contributed by atoms with van der Waals surface area (Å²) in [6, 6.07) is 10.3. The van der Waals surface area contributed by atoms with Gasteiger partial charge in [-0.3, -0.25) is 14.4 Å². The van der Waals surface area contributed by atoms with Gasteiger partial charge in [0.25, 0.3) is 5.56 Å². The molecule has 0 spiro atoms. The van der Waals surface area contributed by atoms with E-state index in [2.05, 4.69) is 4.98 Å². The van der Waals surface area contributed by atoms with Crippen LogP contribution in [-0.2, 0) is 16.6 Å². The number of carbonyl (C=O) groups excluding carboxylic acids is 2. The topological polar surface area (TPSA) is 111 Å². The number of imide groups is 1. The molecule has 0 aliphatic carbocycles. The predicted octanol–water partition coefficient (Wildman–Crippen LogP) is 2.48. The Hall–Kier alpha value is -3.63. The monoisotopic (exact) mass is 495 g/mol. The third-order valence-electron chi connectivity index (χ3n) is 5.71. The molecule has 1 aromatic heterocycles. The molecular formula is C25H25N3O6S. The number of methoxy groups -OCH3 is 2. The molecule has 2 amide bonds. The fraction of sp³-hybridized carbons (Fsp3) is 0.280. The summed E-state index contributed by atoms with van der Waals surface area (Å²) < 4.78 is 12.2. The summed E-state index contributed by atoms with van der Waals surface area (Å²) in [4.78, 5) is 43.5. The zero-order valence-corrected chi connectivity index (χ0v) is 20.4. The number of rotatable bonds is 8. The molecule has 1 aliphatic heterocycles. The molecule has 1 unspecified atom stereocenters. The Labute approximate surface area is 206 Å². The molecule has 3 aromatic rings. The lowest BCUT2D eigenvalue weighted by atomic mass is 10.1. The maximum atomic E-state index is 12.8. The van der Waals surface area contributed by atoms with Crippen molar-refractivity contribution in [2.24, 2.45) is 7.05 Å². The van der Waals surface area contributed by atoms with E-state index in [1.54, 1.807) is 55.6 Å². The molecule has 2 aromatic carbocycles. The summed E-state index contributed by atoms with van der Waals surface area (Å²) in [6.07, 6.45) is 3.49. The lowest BCUT2D eigenvalue weighted by molar-refractivity contribution is -0.121. The quantitative estimate of drug-likeness (QED) is 0.475. The smallest absolute Gasteiger partial charge is 0.276 e. The normalized spacial score (nSPS) is 16.0. The van der Waals surface area contributed by atoms with Crippen LogP contribution in [0.2, 0.25) is 0 Å². The molecule has 10 heteroatoms. The number of nitrogens with zero attached hydrogens (tertiary/aromatic N) is 3. The largest absolute Gasteiger partial charge is 0.493 e. The number of amides is 2. The highest BCUT2D eigenvalue weighted by Gasteiger charge is 2.39. The molecule has 1 atom stereocenters. The Morgan fingerprint density at radius 2 is 1.77 bits per heavy atom. The average molecular weight is 496 g/mol. The Morgan fingerprint density at radius 3 is 2.43 bits per heavy atom. The van der Waals surface area contributed by atoms with Gasteiger partial charge in [-0.05, 0) is 23.8 Å². The van der Waals surface area contributed by atoms with Crippen LogP contribution in [0.1, 0.15) is 17.7 Å². The molecule has 0 bridgehead atoms. The van der Waals surface area contributed by atoms with Gasteiger partial charge in [0, 0.05) is 31.4 Å². The second-order valence-electron chi connectivity index (χ2n) is 7.84. The molecule has 1 fully saturated rings. The number of hydrogen-bond donors (Lipinski definition) is 1. The summed E-state index contributed by atoms with van der Waals surface area (Å²) in [5, 5.41) is 8.51. The van der Waals surface area contributed by atoms with Crippen molar-refractivity contribution in [2.75, 3.05) is 31.5 Å². The fourth-order valence-electron chi connectivity index (χ4n) is 3.89. The number of carbonyl (C=O) groups is 2. The summed E-state index contributed by atoms with van der Waals surface area (Å²) in [6.45, 7) is -0.0411. The van der Waals surface area contributed by atoms with Crippen molar-refractivity contribution in [1.82, 2.24) is 9.55 Å². The number of aliphatic hydroxyl groups excluding tert-OH is 1. The van der Waals surface area contributed by atoms with E-state index in [-0.39, 0.29) is 36.1 Å². The second kappa shape index (κ2) is 10.3. The number of aliphatic hydroxyl groups is 1. The van der Waals surface area contributed by atoms with E-state index in [1.807, 2.05) is 0 Å². The first-order valence-corrected chi connectivity index (χ1v) is 11.9. The zero-order chi connectivity index (χ0) is 25.1. The minimum absolute atomic E-state index is 0.0411. The molecule has 2 heterocycles. The van der Waals surface area contributed by atoms with Crippen LogP contribution in [0.5, 0.6) is 11.5 Å². The van der Waals surface area contributed by atoms with Crippen molar-refractivity contribution in [2.45, 2.75) is 11.7 Å². The molecule has 9 nitrogen and oxygen atoms in total. The van der Waals surface area contributed by atoms with Gasteiger partial charge < -0.3 is 19.1 Å². The van der Waals surface area contributed by atoms with Gasteiger partial charge in [0.2, 0.25) is 11.8 Å². The molecule has 0 radical (unpaired) electrons. The lowest BCUT2D eigenvalue weighted by Gasteiger charge is -2.15. The lowest BCUT2D eigenvalue weighted by Crippen LogP contribution is -2.31. The number of benzene rings is 2. The number of aryl methyl sites for hydroxylation is 1. The highest BCUT2D eigenvalue weighted by atomic mass is 32.2. The Kier molecular flexibility index (Phi) is 7.23. The second-order valence-corrected chi connectivity index (χ2v) is 9.15. The number of thioether (sulfide) groups is 1. The third-order valence-corrected chi connectivity index (χ3v) is 6.90. The van der Waals surface area contributed by atoms with Gasteiger partial charge >= 0.3 is 0 Å². The van der Waals surface area contributed by atoms with E-state index >= 15 is 0 Å². The van der Waals surface area contributed by atoms with Gasteiger partial charge in [-0.1, -0.05) is 18.2 Å². The van der Waals surface area contributed by atoms with E-state index in [0.717, 1.165) is 5.56 Å². The minimum Gasteiger partial charge on any atom is -0.493 e. The Balaban J connectivity index is 1.58. The molecule has 35 heavy (non-hydrogen) atoms. The first kappa shape index (κ1) is 24.5. The number of anilines is 1. The number of ether oxygens (including phenoxy) is 2. The van der Waals surface area contributed by atoms with Crippen molar-refractivity contribution >= 4 is 52.4 Å². The molecular weight excluding hydrogens is 470 g/mol. The molecule has 4 rings (SSSR count). The van der Waals surface area contributed by atoms with Gasteiger partial charge in [0.1, 0.15) is 5.69 Å². The van der Waals surface area contributed by atoms with Gasteiger partial charge in [-0.15, -0.1) is 11.8 Å². The fourth-order valence-corrected chi connectivity index (χ4v) is 4.79. The van der Waals surface area contributed by atoms with Gasteiger partial charge in [0.15, 0.2) is 11.5 Å². The first-order chi connectivity index (χ1) is 16.9. The van der Waals surface area contributed by atoms with Crippen LogP contribution in [0, 0.1) is 0 Å². The highest BCUT2D eigenvalue weighted by molar-refractivity contribution is 8.00. The van der Waals surface area contributed by atoms with Crippen LogP contribution in [0.3, 0.4) is 0 Å². The summed E-state index contributed by atoms with van der Waals surface area (Å²) >= 11 is 1.28. The molecule has 1 aliphatic rings. The Morgan fingerprint density at radius 1 is 1.09 bits per heavy atom. The van der Waals surface area contributed by atoms with Crippen molar-refractivity contribution in [3.8, 4) is 11.5 Å². The van der Waals surface area contributed by atoms with Crippen molar-refractivity contribution in [1.29, 1.82) is 0 Å². The van der Waals surface area contributed by atoms with Crippen LogP contribution in [0.4, 0.5) is 5.69 Å². The van der Waals surface area contributed by atoms with Crippen LogP contribution in [0.25, 0.3) is 23.2 Å². The molecule has 182 valence electrons. The SMILES string of the molecule is COc1cc2nc(/C=C/c3ccc(N4C(=O)CC(SCCO)C4=O)cc3)c(=O)n(C)c2cc1OC. The maximum Gasteiger partial charge on any atom is 0.276 e. The van der Waals surface area contributed by atoms with Crippen LogP contribution < -0.4 is 19.9 Å². The first-order valence-electron chi connectivity index (χ1n) is 10.9. The maximum absolute atomic E-state index is 12.8. The highest BCUT2D eigenvalue weighted by Crippen LogP contribution is 2.31. The molecule has 1 N–H and O–H groups in total. The van der Waals surface area contributed by atoms with E-state index in [9.17, 15) is 14.4 Å².